The summed E-state index contributed by atoms with van der Waals surface area (Å²) in [6, 6.07) is 7.88. The van der Waals surface area contributed by atoms with Crippen molar-refractivity contribution in [2.75, 3.05) is 0 Å². The molecule has 3 nitrogen and oxygen atoms in total. The molecule has 0 radical (unpaired) electrons. The summed E-state index contributed by atoms with van der Waals surface area (Å²) in [6.07, 6.45) is 6.94. The summed E-state index contributed by atoms with van der Waals surface area (Å²) in [7, 11) is 0. The number of rotatable bonds is 3. The molecule has 0 atom stereocenters. The molecule has 0 saturated heterocycles. The van der Waals surface area contributed by atoms with Crippen LogP contribution in [0.3, 0.4) is 0 Å². The number of aromatic nitrogens is 2. The third-order valence-electron chi connectivity index (χ3n) is 3.09. The third-order valence-corrected chi connectivity index (χ3v) is 3.09. The Labute approximate surface area is 113 Å². The lowest BCUT2D eigenvalue weighted by Gasteiger charge is -2.18. The van der Waals surface area contributed by atoms with Gasteiger partial charge in [-0.1, -0.05) is 45.0 Å². The van der Waals surface area contributed by atoms with Gasteiger partial charge in [0.1, 0.15) is 0 Å². The Balaban J connectivity index is 2.12. The summed E-state index contributed by atoms with van der Waals surface area (Å²) in [5.74, 6) is 0.108. The number of nitrogens with zero attached hydrogens (tertiary/aromatic N) is 2. The van der Waals surface area contributed by atoms with E-state index in [-0.39, 0.29) is 11.2 Å². The summed E-state index contributed by atoms with van der Waals surface area (Å²) in [5.41, 5.74) is 2.10. The van der Waals surface area contributed by atoms with Crippen LogP contribution in [0.1, 0.15) is 36.7 Å². The van der Waals surface area contributed by atoms with Gasteiger partial charge in [0.2, 0.25) is 12.3 Å². The van der Waals surface area contributed by atoms with E-state index >= 15 is 0 Å². The van der Waals surface area contributed by atoms with E-state index in [1.807, 2.05) is 28.8 Å². The number of ketones is 1. The van der Waals surface area contributed by atoms with Crippen LogP contribution < -0.4 is 4.57 Å². The second kappa shape index (κ2) is 5.31. The van der Waals surface area contributed by atoms with Crippen molar-refractivity contribution in [2.45, 2.75) is 32.7 Å². The van der Waals surface area contributed by atoms with Gasteiger partial charge < -0.3 is 0 Å². The maximum Gasteiger partial charge on any atom is 0.227 e. The number of carbonyl (C=O) groups excluding carboxylic acids is 1. The Kier molecular flexibility index (Phi) is 3.74. The highest BCUT2D eigenvalue weighted by Gasteiger charge is 2.15. The van der Waals surface area contributed by atoms with Gasteiger partial charge in [-0.05, 0) is 11.0 Å². The molecule has 0 aliphatic heterocycles. The van der Waals surface area contributed by atoms with Gasteiger partial charge in [-0.3, -0.25) is 9.78 Å². The lowest BCUT2D eigenvalue weighted by atomic mass is 9.86. The zero-order valence-electron chi connectivity index (χ0n) is 11.6. The third kappa shape index (κ3) is 3.47. The molecule has 98 valence electrons. The smallest absolute Gasteiger partial charge is 0.227 e. The topological polar surface area (TPSA) is 33.8 Å². The highest BCUT2D eigenvalue weighted by atomic mass is 16.1. The van der Waals surface area contributed by atoms with E-state index in [1.165, 1.54) is 5.56 Å². The van der Waals surface area contributed by atoms with E-state index < -0.39 is 0 Å². The van der Waals surface area contributed by atoms with Crippen LogP contribution in [0.25, 0.3) is 0 Å². The quantitative estimate of drug-likeness (QED) is 0.624. The van der Waals surface area contributed by atoms with Crippen LogP contribution in [-0.2, 0) is 12.0 Å². The van der Waals surface area contributed by atoms with Crippen molar-refractivity contribution in [3.63, 3.8) is 0 Å². The van der Waals surface area contributed by atoms with Crippen molar-refractivity contribution in [1.29, 1.82) is 0 Å². The summed E-state index contributed by atoms with van der Waals surface area (Å²) in [5, 5.41) is 0. The Morgan fingerprint density at radius 1 is 1.11 bits per heavy atom. The fourth-order valence-electron chi connectivity index (χ4n) is 1.87. The predicted octanol–water partition coefficient (Wildman–Crippen LogP) is 2.55. The Morgan fingerprint density at radius 3 is 2.21 bits per heavy atom. The number of benzene rings is 1. The zero-order chi connectivity index (χ0) is 13.9. The summed E-state index contributed by atoms with van der Waals surface area (Å²) in [6.45, 7) is 6.83. The summed E-state index contributed by atoms with van der Waals surface area (Å²) < 4.78 is 1.83. The van der Waals surface area contributed by atoms with Crippen LogP contribution in [0.4, 0.5) is 0 Å². The lowest BCUT2D eigenvalue weighted by Crippen LogP contribution is -2.37. The van der Waals surface area contributed by atoms with E-state index in [4.69, 9.17) is 0 Å². The molecule has 1 aromatic carbocycles. The van der Waals surface area contributed by atoms with Crippen molar-refractivity contribution in [1.82, 2.24) is 4.98 Å². The van der Waals surface area contributed by atoms with E-state index in [0.717, 1.165) is 5.56 Å². The number of hydrogen-bond donors (Lipinski definition) is 0. The van der Waals surface area contributed by atoms with Gasteiger partial charge >= 0.3 is 0 Å². The van der Waals surface area contributed by atoms with Gasteiger partial charge in [-0.15, -0.1) is 0 Å². The van der Waals surface area contributed by atoms with Gasteiger partial charge in [0.15, 0.2) is 12.4 Å². The molecule has 0 spiro atoms. The molecule has 0 aliphatic carbocycles. The molecule has 3 heteroatoms. The number of carbonyl (C=O) groups is 1. The second-order valence-electron chi connectivity index (χ2n) is 5.67. The van der Waals surface area contributed by atoms with Gasteiger partial charge in [0, 0.05) is 5.56 Å². The van der Waals surface area contributed by atoms with E-state index in [2.05, 4.69) is 25.8 Å². The standard InChI is InChI=1S/C16H19N2O/c1-16(2,3)14-6-4-13(5-7-14)15(19)12-18-10-8-17-9-11-18/h4-11H,12H2,1-3H3/q+1. The van der Waals surface area contributed by atoms with Crippen molar-refractivity contribution in [2.24, 2.45) is 0 Å². The van der Waals surface area contributed by atoms with Crippen molar-refractivity contribution in [3.05, 3.63) is 60.2 Å². The average Bonchev–Trinajstić information content (AvgIpc) is 2.39. The molecule has 2 rings (SSSR count). The van der Waals surface area contributed by atoms with Crippen LogP contribution in [-0.4, -0.2) is 10.8 Å². The highest BCUT2D eigenvalue weighted by Crippen LogP contribution is 2.22. The summed E-state index contributed by atoms with van der Waals surface area (Å²) >= 11 is 0. The summed E-state index contributed by atoms with van der Waals surface area (Å²) in [4.78, 5) is 16.1. The van der Waals surface area contributed by atoms with Crippen LogP contribution in [0, 0.1) is 0 Å². The first-order valence-corrected chi connectivity index (χ1v) is 6.39. The second-order valence-corrected chi connectivity index (χ2v) is 5.67. The maximum absolute atomic E-state index is 12.1. The fourth-order valence-corrected chi connectivity index (χ4v) is 1.87. The molecular weight excluding hydrogens is 236 g/mol. The van der Waals surface area contributed by atoms with Crippen molar-refractivity contribution >= 4 is 5.78 Å². The normalized spacial score (nSPS) is 11.3. The molecule has 1 aromatic heterocycles. The van der Waals surface area contributed by atoms with E-state index in [9.17, 15) is 4.79 Å². The SMILES string of the molecule is CC(C)(C)c1ccc(C(=O)C[n+]2ccncc2)cc1. The highest BCUT2D eigenvalue weighted by molar-refractivity contribution is 5.95. The van der Waals surface area contributed by atoms with Crippen molar-refractivity contribution in [3.8, 4) is 0 Å². The monoisotopic (exact) mass is 255 g/mol. The van der Waals surface area contributed by atoms with E-state index in [1.54, 1.807) is 24.8 Å². The molecule has 0 fully saturated rings. The van der Waals surface area contributed by atoms with Gasteiger partial charge in [-0.2, -0.15) is 4.57 Å². The number of Topliss-reactive ketones (excluding diaryl/α,β-unsaturated/α-hetero) is 1. The van der Waals surface area contributed by atoms with E-state index in [0.29, 0.717) is 6.54 Å². The average molecular weight is 255 g/mol. The fraction of sp³-hybridized carbons (Fsp3) is 0.312. The molecule has 1 heterocycles. The molecule has 2 aromatic rings. The molecule has 0 N–H and O–H groups in total. The maximum atomic E-state index is 12.1. The Bertz CT molecular complexity index is 554. The largest absolute Gasteiger partial charge is 0.287 e. The molecule has 0 amide bonds. The minimum absolute atomic E-state index is 0.108. The lowest BCUT2D eigenvalue weighted by molar-refractivity contribution is -0.683. The van der Waals surface area contributed by atoms with Crippen LogP contribution >= 0.6 is 0 Å². The Morgan fingerprint density at radius 2 is 1.68 bits per heavy atom. The first-order chi connectivity index (χ1) is 8.97. The molecule has 0 saturated carbocycles. The minimum atomic E-state index is 0.108. The number of hydrogen-bond acceptors (Lipinski definition) is 2. The first-order valence-electron chi connectivity index (χ1n) is 6.39. The molecule has 0 bridgehead atoms. The minimum Gasteiger partial charge on any atom is -0.287 e. The molecule has 19 heavy (non-hydrogen) atoms. The Hall–Kier alpha value is -2.03. The molecular formula is C16H19N2O+. The molecule has 0 unspecified atom stereocenters. The predicted molar refractivity (Wildman–Crippen MR) is 73.9 cm³/mol. The molecule has 0 aliphatic rings. The van der Waals surface area contributed by atoms with Gasteiger partial charge in [-0.25, -0.2) is 0 Å². The zero-order valence-corrected chi connectivity index (χ0v) is 11.6. The van der Waals surface area contributed by atoms with Crippen molar-refractivity contribution < 1.29 is 9.36 Å². The first kappa shape index (κ1) is 13.4. The van der Waals surface area contributed by atoms with Gasteiger partial charge in [0.05, 0.1) is 12.4 Å². The van der Waals surface area contributed by atoms with Crippen LogP contribution in [0.2, 0.25) is 0 Å². The van der Waals surface area contributed by atoms with Crippen LogP contribution in [0.15, 0.2) is 49.1 Å². The van der Waals surface area contributed by atoms with Crippen LogP contribution in [0.5, 0.6) is 0 Å². The van der Waals surface area contributed by atoms with Gasteiger partial charge in [0.25, 0.3) is 0 Å².